The van der Waals surface area contributed by atoms with Crippen LogP contribution in [0.5, 0.6) is 11.8 Å². The van der Waals surface area contributed by atoms with Gasteiger partial charge in [-0.15, -0.1) is 0 Å². The molecule has 8 nitrogen and oxygen atoms in total. The quantitative estimate of drug-likeness (QED) is 0.493. The molecule has 0 bridgehead atoms. The van der Waals surface area contributed by atoms with Crippen molar-refractivity contribution in [3.63, 3.8) is 0 Å². The minimum absolute atomic E-state index is 0.216. The summed E-state index contributed by atoms with van der Waals surface area (Å²) in [6, 6.07) is 13.0. The fourth-order valence-corrected chi connectivity index (χ4v) is 3.28. The predicted octanol–water partition coefficient (Wildman–Crippen LogP) is 4.21. The van der Waals surface area contributed by atoms with Crippen LogP contribution in [0.4, 0.5) is 11.6 Å². The summed E-state index contributed by atoms with van der Waals surface area (Å²) in [7, 11) is 0. The van der Waals surface area contributed by atoms with Gasteiger partial charge in [-0.25, -0.2) is 19.9 Å². The van der Waals surface area contributed by atoms with Crippen molar-refractivity contribution in [1.29, 1.82) is 0 Å². The van der Waals surface area contributed by atoms with Crippen LogP contribution in [0.25, 0.3) is 0 Å². The molecule has 0 N–H and O–H groups in total. The second kappa shape index (κ2) is 7.84. The highest BCUT2D eigenvalue weighted by Gasteiger charge is 2.27. The summed E-state index contributed by atoms with van der Waals surface area (Å²) in [4.78, 5) is 27.9. The smallest absolute Gasteiger partial charge is 0.321 e. The standard InChI is InChI=1S/C21H14ClN7O/c22-16-12-15(5-6-17(16)30-21-26-10-3-11-27-21)29(20-24-8-2-9-25-20)19-18-14(13-28-19)4-1-7-23-18/h1-12H,13H2. The molecular weight excluding hydrogens is 402 g/mol. The van der Waals surface area contributed by atoms with Crippen molar-refractivity contribution >= 4 is 29.1 Å². The van der Waals surface area contributed by atoms with E-state index in [0.29, 0.717) is 29.1 Å². The van der Waals surface area contributed by atoms with Crippen molar-refractivity contribution in [2.75, 3.05) is 4.90 Å². The van der Waals surface area contributed by atoms with Crippen molar-refractivity contribution in [2.24, 2.45) is 4.99 Å². The first-order valence-corrected chi connectivity index (χ1v) is 9.48. The maximum absolute atomic E-state index is 6.51. The van der Waals surface area contributed by atoms with Gasteiger partial charge in [0, 0.05) is 36.5 Å². The van der Waals surface area contributed by atoms with E-state index in [9.17, 15) is 0 Å². The molecule has 0 saturated heterocycles. The molecule has 5 rings (SSSR count). The number of amidine groups is 1. The molecule has 4 heterocycles. The van der Waals surface area contributed by atoms with Crippen LogP contribution in [-0.4, -0.2) is 30.8 Å². The molecule has 0 atom stereocenters. The molecule has 1 aliphatic heterocycles. The molecular formula is C21H14ClN7O. The number of aliphatic imine (C=N–C) groups is 1. The van der Waals surface area contributed by atoms with Crippen LogP contribution in [0.2, 0.25) is 5.02 Å². The van der Waals surface area contributed by atoms with E-state index in [1.807, 2.05) is 23.1 Å². The molecule has 0 unspecified atom stereocenters. The van der Waals surface area contributed by atoms with Crippen molar-refractivity contribution in [2.45, 2.75) is 6.54 Å². The number of halogens is 1. The van der Waals surface area contributed by atoms with Gasteiger partial charge < -0.3 is 4.74 Å². The van der Waals surface area contributed by atoms with Crippen LogP contribution < -0.4 is 9.64 Å². The van der Waals surface area contributed by atoms with Crippen molar-refractivity contribution < 1.29 is 4.74 Å². The topological polar surface area (TPSA) is 89.3 Å². The molecule has 0 aliphatic carbocycles. The van der Waals surface area contributed by atoms with Crippen molar-refractivity contribution in [3.05, 3.63) is 89.7 Å². The predicted molar refractivity (Wildman–Crippen MR) is 112 cm³/mol. The maximum atomic E-state index is 6.51. The Balaban J connectivity index is 1.55. The lowest BCUT2D eigenvalue weighted by molar-refractivity contribution is 0.442. The van der Waals surface area contributed by atoms with E-state index in [2.05, 4.69) is 29.9 Å². The molecule has 30 heavy (non-hydrogen) atoms. The number of nitrogens with zero attached hydrogens (tertiary/aromatic N) is 7. The Morgan fingerprint density at radius 3 is 2.33 bits per heavy atom. The summed E-state index contributed by atoms with van der Waals surface area (Å²) in [6.45, 7) is 0.544. The summed E-state index contributed by atoms with van der Waals surface area (Å²) >= 11 is 6.51. The monoisotopic (exact) mass is 415 g/mol. The summed E-state index contributed by atoms with van der Waals surface area (Å²) in [5, 5.41) is 0.390. The fourth-order valence-electron chi connectivity index (χ4n) is 3.07. The van der Waals surface area contributed by atoms with Gasteiger partial charge in [-0.3, -0.25) is 14.9 Å². The SMILES string of the molecule is Clc1cc(N(C2=NCc3cccnc32)c2ncccn2)ccc1Oc1ncccn1. The number of pyridine rings is 1. The number of aromatic nitrogens is 5. The zero-order valence-electron chi connectivity index (χ0n) is 15.6. The number of benzene rings is 1. The average molecular weight is 416 g/mol. The first-order valence-electron chi connectivity index (χ1n) is 9.10. The fraction of sp³-hybridized carbons (Fsp3) is 0.0476. The van der Waals surface area contributed by atoms with Gasteiger partial charge in [0.25, 0.3) is 0 Å². The van der Waals surface area contributed by atoms with Gasteiger partial charge in [0.1, 0.15) is 11.4 Å². The van der Waals surface area contributed by atoms with E-state index in [4.69, 9.17) is 16.3 Å². The highest BCUT2D eigenvalue weighted by molar-refractivity contribution is 6.32. The number of anilines is 2. The molecule has 3 aromatic heterocycles. The summed E-state index contributed by atoms with van der Waals surface area (Å²) < 4.78 is 5.68. The number of ether oxygens (including phenoxy) is 1. The minimum Gasteiger partial charge on any atom is -0.423 e. The zero-order chi connectivity index (χ0) is 20.3. The Hall–Kier alpha value is -3.91. The Morgan fingerprint density at radius 2 is 1.57 bits per heavy atom. The Kier molecular flexibility index (Phi) is 4.74. The second-order valence-electron chi connectivity index (χ2n) is 6.28. The summed E-state index contributed by atoms with van der Waals surface area (Å²) in [6.07, 6.45) is 8.29. The Morgan fingerprint density at radius 1 is 0.833 bits per heavy atom. The van der Waals surface area contributed by atoms with Crippen LogP contribution in [0, 0.1) is 0 Å². The molecule has 1 aliphatic rings. The van der Waals surface area contributed by atoms with Crippen LogP contribution in [0.3, 0.4) is 0 Å². The summed E-state index contributed by atoms with van der Waals surface area (Å²) in [5.41, 5.74) is 2.56. The third-order valence-corrected chi connectivity index (χ3v) is 4.68. The minimum atomic E-state index is 0.216. The first kappa shape index (κ1) is 18.1. The molecule has 0 spiro atoms. The molecule has 9 heteroatoms. The van der Waals surface area contributed by atoms with Gasteiger partial charge in [-0.2, -0.15) is 0 Å². The van der Waals surface area contributed by atoms with Crippen LogP contribution in [0.15, 0.2) is 78.4 Å². The number of rotatable bonds is 4. The van der Waals surface area contributed by atoms with Crippen molar-refractivity contribution in [3.8, 4) is 11.8 Å². The lowest BCUT2D eigenvalue weighted by atomic mass is 10.2. The number of hydrogen-bond acceptors (Lipinski definition) is 8. The van der Waals surface area contributed by atoms with E-state index in [0.717, 1.165) is 16.9 Å². The number of hydrogen-bond donors (Lipinski definition) is 0. The van der Waals surface area contributed by atoms with Gasteiger partial charge in [-0.1, -0.05) is 17.7 Å². The van der Waals surface area contributed by atoms with Crippen molar-refractivity contribution in [1.82, 2.24) is 24.9 Å². The highest BCUT2D eigenvalue weighted by atomic mass is 35.5. The van der Waals surface area contributed by atoms with E-state index in [1.54, 1.807) is 55.2 Å². The van der Waals surface area contributed by atoms with Gasteiger partial charge in [0.05, 0.1) is 17.3 Å². The first-order chi connectivity index (χ1) is 14.8. The van der Waals surface area contributed by atoms with Crippen LogP contribution in [-0.2, 0) is 6.54 Å². The largest absolute Gasteiger partial charge is 0.423 e. The van der Waals surface area contributed by atoms with Crippen LogP contribution >= 0.6 is 11.6 Å². The normalized spacial score (nSPS) is 12.2. The van der Waals surface area contributed by atoms with E-state index in [1.165, 1.54) is 0 Å². The summed E-state index contributed by atoms with van der Waals surface area (Å²) in [5.74, 6) is 1.56. The molecule has 0 amide bonds. The Bertz CT molecular complexity index is 1220. The van der Waals surface area contributed by atoms with Gasteiger partial charge >= 0.3 is 6.01 Å². The van der Waals surface area contributed by atoms with E-state index in [-0.39, 0.29) is 6.01 Å². The van der Waals surface area contributed by atoms with Gasteiger partial charge in [-0.05, 0) is 36.4 Å². The highest BCUT2D eigenvalue weighted by Crippen LogP contribution is 2.35. The Labute approximate surface area is 176 Å². The van der Waals surface area contributed by atoms with E-state index < -0.39 is 0 Å². The van der Waals surface area contributed by atoms with Crippen LogP contribution in [0.1, 0.15) is 11.3 Å². The molecule has 4 aromatic rings. The second-order valence-corrected chi connectivity index (χ2v) is 6.69. The number of fused-ring (bicyclic) bond motifs is 1. The molecule has 1 aromatic carbocycles. The van der Waals surface area contributed by atoms with E-state index >= 15 is 0 Å². The molecule has 0 saturated carbocycles. The zero-order valence-corrected chi connectivity index (χ0v) is 16.3. The van der Waals surface area contributed by atoms with Gasteiger partial charge in [0.15, 0.2) is 5.84 Å². The maximum Gasteiger partial charge on any atom is 0.321 e. The lowest BCUT2D eigenvalue weighted by Gasteiger charge is -2.23. The molecule has 146 valence electrons. The molecule has 0 radical (unpaired) electrons. The third kappa shape index (κ3) is 3.44. The average Bonchev–Trinajstić information content (AvgIpc) is 3.21. The lowest BCUT2D eigenvalue weighted by Crippen LogP contribution is -2.28. The molecule has 0 fully saturated rings. The third-order valence-electron chi connectivity index (χ3n) is 4.38. The van der Waals surface area contributed by atoms with Gasteiger partial charge in [0.2, 0.25) is 5.95 Å².